The van der Waals surface area contributed by atoms with Gasteiger partial charge in [-0.05, 0) is 78.8 Å². The molecule has 0 spiro atoms. The summed E-state index contributed by atoms with van der Waals surface area (Å²) in [6.07, 6.45) is -0.0137. The second-order valence-electron chi connectivity index (χ2n) is 10.5. The van der Waals surface area contributed by atoms with Gasteiger partial charge < -0.3 is 29.2 Å². The molecule has 0 unspecified atom stereocenters. The summed E-state index contributed by atoms with van der Waals surface area (Å²) in [6, 6.07) is 6.18. The molecule has 0 heterocycles. The molecule has 10 nitrogen and oxygen atoms in total. The van der Waals surface area contributed by atoms with Crippen molar-refractivity contribution >= 4 is 23.9 Å². The lowest BCUT2D eigenvalue weighted by Crippen LogP contribution is -2.26. The summed E-state index contributed by atoms with van der Waals surface area (Å²) in [5.41, 5.74) is -1.75. The molecule has 10 heteroatoms. The number of carbonyl (C=O) groups excluding carboxylic acids is 4. The van der Waals surface area contributed by atoms with Gasteiger partial charge in [-0.2, -0.15) is 0 Å². The second kappa shape index (κ2) is 12.0. The van der Waals surface area contributed by atoms with Crippen LogP contribution in [0.2, 0.25) is 0 Å². The predicted molar refractivity (Wildman–Crippen MR) is 136 cm³/mol. The molecule has 0 saturated carbocycles. The van der Waals surface area contributed by atoms with Crippen molar-refractivity contribution in [2.45, 2.75) is 54.9 Å². The van der Waals surface area contributed by atoms with Crippen molar-refractivity contribution in [3.63, 3.8) is 0 Å². The fraction of sp³-hybridized carbons (Fsp3) is 0.429. The zero-order chi connectivity index (χ0) is 28.8. The van der Waals surface area contributed by atoms with Gasteiger partial charge in [0.15, 0.2) is 0 Å². The van der Waals surface area contributed by atoms with Crippen LogP contribution in [-0.4, -0.2) is 47.3 Å². The van der Waals surface area contributed by atoms with Crippen molar-refractivity contribution in [1.29, 1.82) is 0 Å². The number of esters is 4. The third-order valence-corrected chi connectivity index (χ3v) is 5.11. The van der Waals surface area contributed by atoms with Crippen LogP contribution in [0.15, 0.2) is 30.3 Å². The fourth-order valence-electron chi connectivity index (χ4n) is 2.85. The first-order valence-electron chi connectivity index (χ1n) is 12.0. The molecule has 0 aliphatic heterocycles. The highest BCUT2D eigenvalue weighted by Gasteiger charge is 2.28. The molecule has 0 aliphatic rings. The van der Waals surface area contributed by atoms with Gasteiger partial charge in [-0.25, -0.2) is 9.59 Å². The van der Waals surface area contributed by atoms with Gasteiger partial charge in [0.1, 0.15) is 34.1 Å². The third kappa shape index (κ3) is 7.96. The Morgan fingerprint density at radius 3 is 1.89 bits per heavy atom. The molecule has 2 aromatic rings. The molecule has 38 heavy (non-hydrogen) atoms. The van der Waals surface area contributed by atoms with Crippen LogP contribution in [0.3, 0.4) is 0 Å². The highest BCUT2D eigenvalue weighted by Crippen LogP contribution is 2.32. The number of carbonyl (C=O) groups is 4. The molecule has 0 amide bonds. The Labute approximate surface area is 221 Å². The first-order chi connectivity index (χ1) is 17.5. The van der Waals surface area contributed by atoms with E-state index in [-0.39, 0.29) is 59.3 Å². The van der Waals surface area contributed by atoms with Gasteiger partial charge in [-0.1, -0.05) is 0 Å². The van der Waals surface area contributed by atoms with Crippen molar-refractivity contribution in [3.05, 3.63) is 47.0 Å². The molecule has 0 atom stereocenters. The standard InChI is InChI=1S/C28H34O10/c1-8-35-24(32)19-15-21(30)16(13-22(19)38-26(34)28(5,6)7)11-12-36-23(31)18-14-17(9-10-20(18)29)37-25(33)27(2,3)4/h9-10,13-15,29-30H,8,11-12H2,1-7H3. The average molecular weight is 531 g/mol. The van der Waals surface area contributed by atoms with E-state index in [0.717, 1.165) is 6.07 Å². The maximum absolute atomic E-state index is 12.6. The molecule has 0 aromatic heterocycles. The van der Waals surface area contributed by atoms with E-state index in [1.165, 1.54) is 24.3 Å². The first kappa shape index (κ1) is 30.1. The van der Waals surface area contributed by atoms with Crippen LogP contribution in [0.4, 0.5) is 0 Å². The van der Waals surface area contributed by atoms with Crippen LogP contribution >= 0.6 is 0 Å². The predicted octanol–water partition coefficient (Wildman–Crippen LogP) is 4.58. The van der Waals surface area contributed by atoms with Crippen molar-refractivity contribution in [1.82, 2.24) is 0 Å². The lowest BCUT2D eigenvalue weighted by molar-refractivity contribution is -0.143. The highest BCUT2D eigenvalue weighted by molar-refractivity contribution is 5.95. The summed E-state index contributed by atoms with van der Waals surface area (Å²) in [7, 11) is 0. The molecular formula is C28H34O10. The Balaban J connectivity index is 2.21. The van der Waals surface area contributed by atoms with Gasteiger partial charge >= 0.3 is 23.9 Å². The van der Waals surface area contributed by atoms with Gasteiger partial charge in [-0.3, -0.25) is 9.59 Å². The van der Waals surface area contributed by atoms with E-state index < -0.39 is 34.7 Å². The van der Waals surface area contributed by atoms with E-state index in [0.29, 0.717) is 0 Å². The average Bonchev–Trinajstić information content (AvgIpc) is 2.80. The second-order valence-corrected chi connectivity index (χ2v) is 10.5. The van der Waals surface area contributed by atoms with Crippen LogP contribution in [-0.2, 0) is 25.5 Å². The molecule has 0 saturated heterocycles. The lowest BCUT2D eigenvalue weighted by atomic mass is 9.97. The Hall–Kier alpha value is -4.08. The van der Waals surface area contributed by atoms with Crippen molar-refractivity contribution in [3.8, 4) is 23.0 Å². The molecule has 206 valence electrons. The summed E-state index contributed by atoms with van der Waals surface area (Å²) in [4.78, 5) is 49.5. The van der Waals surface area contributed by atoms with Crippen molar-refractivity contribution in [2.24, 2.45) is 10.8 Å². The quantitative estimate of drug-likeness (QED) is 0.367. The normalized spacial score (nSPS) is 11.4. The molecule has 2 aromatic carbocycles. The van der Waals surface area contributed by atoms with Crippen LogP contribution < -0.4 is 9.47 Å². The molecular weight excluding hydrogens is 496 g/mol. The topological polar surface area (TPSA) is 146 Å². The van der Waals surface area contributed by atoms with Crippen LogP contribution in [0.1, 0.15) is 74.7 Å². The molecule has 0 aliphatic carbocycles. The Morgan fingerprint density at radius 1 is 0.737 bits per heavy atom. The maximum Gasteiger partial charge on any atom is 0.342 e. The van der Waals surface area contributed by atoms with E-state index in [2.05, 4.69) is 0 Å². The maximum atomic E-state index is 12.6. The Morgan fingerprint density at radius 2 is 1.32 bits per heavy atom. The van der Waals surface area contributed by atoms with E-state index in [1.54, 1.807) is 48.5 Å². The zero-order valence-corrected chi connectivity index (χ0v) is 22.7. The summed E-state index contributed by atoms with van der Waals surface area (Å²) < 4.78 is 20.9. The number of aromatic hydroxyl groups is 2. The SMILES string of the molecule is CCOC(=O)c1cc(O)c(CCOC(=O)c2cc(OC(=O)C(C)(C)C)ccc2O)cc1OC(=O)C(C)(C)C. The lowest BCUT2D eigenvalue weighted by Gasteiger charge is -2.19. The number of benzene rings is 2. The van der Waals surface area contributed by atoms with Gasteiger partial charge in [0.25, 0.3) is 0 Å². The first-order valence-corrected chi connectivity index (χ1v) is 12.0. The van der Waals surface area contributed by atoms with E-state index in [4.69, 9.17) is 18.9 Å². The molecule has 2 rings (SSSR count). The van der Waals surface area contributed by atoms with Crippen LogP contribution in [0.25, 0.3) is 0 Å². The van der Waals surface area contributed by atoms with Crippen molar-refractivity contribution < 1.29 is 48.3 Å². The zero-order valence-electron chi connectivity index (χ0n) is 22.7. The summed E-state index contributed by atoms with van der Waals surface area (Å²) in [5.74, 6) is -3.50. The van der Waals surface area contributed by atoms with Gasteiger partial charge in [0, 0.05) is 12.0 Å². The third-order valence-electron chi connectivity index (χ3n) is 5.11. The van der Waals surface area contributed by atoms with E-state index in [1.807, 2.05) is 0 Å². The minimum atomic E-state index is -0.891. The number of rotatable bonds is 8. The molecule has 0 fully saturated rings. The summed E-state index contributed by atoms with van der Waals surface area (Å²) >= 11 is 0. The number of phenolic OH excluding ortho intramolecular Hbond substituents is 2. The number of hydrogen-bond donors (Lipinski definition) is 2. The van der Waals surface area contributed by atoms with Gasteiger partial charge in [0.05, 0.1) is 24.0 Å². The number of ether oxygens (including phenoxy) is 4. The minimum Gasteiger partial charge on any atom is -0.508 e. The number of hydrogen-bond acceptors (Lipinski definition) is 10. The summed E-state index contributed by atoms with van der Waals surface area (Å²) in [6.45, 7) is 11.4. The van der Waals surface area contributed by atoms with Gasteiger partial charge in [-0.15, -0.1) is 0 Å². The Kier molecular flexibility index (Phi) is 9.50. The minimum absolute atomic E-state index is 0.0137. The van der Waals surface area contributed by atoms with E-state index >= 15 is 0 Å². The largest absolute Gasteiger partial charge is 0.508 e. The van der Waals surface area contributed by atoms with Crippen LogP contribution in [0.5, 0.6) is 23.0 Å². The molecule has 2 N–H and O–H groups in total. The molecule has 0 radical (unpaired) electrons. The van der Waals surface area contributed by atoms with Crippen molar-refractivity contribution in [2.75, 3.05) is 13.2 Å². The fourth-order valence-corrected chi connectivity index (χ4v) is 2.85. The summed E-state index contributed by atoms with van der Waals surface area (Å²) in [5, 5.41) is 20.6. The Bertz CT molecular complexity index is 1220. The van der Waals surface area contributed by atoms with Crippen LogP contribution in [0, 0.1) is 10.8 Å². The molecule has 0 bridgehead atoms. The highest BCUT2D eigenvalue weighted by atomic mass is 16.6. The van der Waals surface area contributed by atoms with E-state index in [9.17, 15) is 29.4 Å². The smallest absolute Gasteiger partial charge is 0.342 e. The van der Waals surface area contributed by atoms with Gasteiger partial charge in [0.2, 0.25) is 0 Å². The number of phenols is 2. The monoisotopic (exact) mass is 530 g/mol.